The van der Waals surface area contributed by atoms with E-state index in [4.69, 9.17) is 32.7 Å². The van der Waals surface area contributed by atoms with E-state index in [-0.39, 0.29) is 9.92 Å². The van der Waals surface area contributed by atoms with Gasteiger partial charge in [-0.2, -0.15) is 0 Å². The molecule has 0 aliphatic carbocycles. The Morgan fingerprint density at radius 2 is 1.61 bits per heavy atom. The minimum Gasteiger partial charge on any atom is -0.493 e. The van der Waals surface area contributed by atoms with E-state index < -0.39 is 10.0 Å². The molecule has 0 radical (unpaired) electrons. The Balaban J connectivity index is 2.36. The molecule has 5 nitrogen and oxygen atoms in total. The molecular weight excluding hydrogens is 361 g/mol. The lowest BCUT2D eigenvalue weighted by Gasteiger charge is -2.14. The highest BCUT2D eigenvalue weighted by atomic mass is 35.5. The van der Waals surface area contributed by atoms with Crippen molar-refractivity contribution in [2.24, 2.45) is 0 Å². The standard InChI is InChI=1S/C15H15Cl2NO4S/c1-18(2)23(19,20)11-5-7-13(12(17)9-11)22-14-6-4-10(16)8-15(14)21-3/h4-9H,1-3H3. The second kappa shape index (κ2) is 6.97. The number of hydrogen-bond acceptors (Lipinski definition) is 4. The molecule has 0 aromatic heterocycles. The molecule has 0 fully saturated rings. The van der Waals surface area contributed by atoms with Gasteiger partial charge in [-0.15, -0.1) is 0 Å². The van der Waals surface area contributed by atoms with Crippen molar-refractivity contribution in [3.05, 3.63) is 46.4 Å². The second-order valence-electron chi connectivity index (χ2n) is 4.78. The van der Waals surface area contributed by atoms with Crippen molar-refractivity contribution in [2.45, 2.75) is 4.90 Å². The van der Waals surface area contributed by atoms with E-state index >= 15 is 0 Å². The van der Waals surface area contributed by atoms with E-state index in [2.05, 4.69) is 0 Å². The summed E-state index contributed by atoms with van der Waals surface area (Å²) in [7, 11) is 0.838. The summed E-state index contributed by atoms with van der Waals surface area (Å²) in [6.45, 7) is 0. The lowest BCUT2D eigenvalue weighted by molar-refractivity contribution is 0.379. The summed E-state index contributed by atoms with van der Waals surface area (Å²) in [6, 6.07) is 9.16. The molecule has 8 heteroatoms. The van der Waals surface area contributed by atoms with Crippen LogP contribution in [-0.4, -0.2) is 33.9 Å². The van der Waals surface area contributed by atoms with E-state index in [1.807, 2.05) is 0 Å². The van der Waals surface area contributed by atoms with Gasteiger partial charge in [0.15, 0.2) is 11.5 Å². The fourth-order valence-corrected chi connectivity index (χ4v) is 3.15. The summed E-state index contributed by atoms with van der Waals surface area (Å²) in [4.78, 5) is 0.0860. The van der Waals surface area contributed by atoms with E-state index in [0.717, 1.165) is 4.31 Å². The van der Waals surface area contributed by atoms with Crippen LogP contribution in [0.4, 0.5) is 0 Å². The molecule has 0 aliphatic rings. The second-order valence-corrected chi connectivity index (χ2v) is 7.77. The topological polar surface area (TPSA) is 55.8 Å². The van der Waals surface area contributed by atoms with Gasteiger partial charge in [0, 0.05) is 25.2 Å². The van der Waals surface area contributed by atoms with E-state index in [1.165, 1.54) is 39.4 Å². The Morgan fingerprint density at radius 1 is 0.957 bits per heavy atom. The van der Waals surface area contributed by atoms with Crippen LogP contribution in [-0.2, 0) is 10.0 Å². The molecule has 0 N–H and O–H groups in total. The minimum atomic E-state index is -3.56. The van der Waals surface area contributed by atoms with Crippen LogP contribution in [0.3, 0.4) is 0 Å². The number of hydrogen-bond donors (Lipinski definition) is 0. The van der Waals surface area contributed by atoms with Crippen LogP contribution in [0.15, 0.2) is 41.3 Å². The molecule has 0 heterocycles. The van der Waals surface area contributed by atoms with Gasteiger partial charge in [-0.1, -0.05) is 23.2 Å². The molecule has 0 bridgehead atoms. The Hall–Kier alpha value is -1.47. The first kappa shape index (κ1) is 17.9. The monoisotopic (exact) mass is 375 g/mol. The zero-order valence-corrected chi connectivity index (χ0v) is 15.0. The highest BCUT2D eigenvalue weighted by molar-refractivity contribution is 7.89. The van der Waals surface area contributed by atoms with Gasteiger partial charge in [-0.25, -0.2) is 12.7 Å². The Labute approximate surface area is 145 Å². The first-order valence-corrected chi connectivity index (χ1v) is 8.69. The maximum atomic E-state index is 12.1. The van der Waals surface area contributed by atoms with Gasteiger partial charge in [0.05, 0.1) is 17.0 Å². The number of methoxy groups -OCH3 is 1. The van der Waals surface area contributed by atoms with Crippen molar-refractivity contribution < 1.29 is 17.9 Å². The average Bonchev–Trinajstić information content (AvgIpc) is 2.50. The van der Waals surface area contributed by atoms with Crippen LogP contribution in [0.5, 0.6) is 17.2 Å². The van der Waals surface area contributed by atoms with E-state index in [1.54, 1.807) is 18.2 Å². The van der Waals surface area contributed by atoms with Crippen LogP contribution in [0, 0.1) is 0 Å². The third-order valence-electron chi connectivity index (χ3n) is 3.03. The SMILES string of the molecule is COc1cc(Cl)ccc1Oc1ccc(S(=O)(=O)N(C)C)cc1Cl. The summed E-state index contributed by atoms with van der Waals surface area (Å²) in [5, 5.41) is 0.678. The fourth-order valence-electron chi connectivity index (χ4n) is 1.78. The van der Waals surface area contributed by atoms with Gasteiger partial charge in [0.25, 0.3) is 0 Å². The molecule has 0 saturated carbocycles. The van der Waals surface area contributed by atoms with Gasteiger partial charge in [-0.3, -0.25) is 0 Å². The normalized spacial score (nSPS) is 11.6. The number of sulfonamides is 1. The van der Waals surface area contributed by atoms with Gasteiger partial charge in [-0.05, 0) is 30.3 Å². The number of ether oxygens (including phenoxy) is 2. The molecular formula is C15H15Cl2NO4S. The lowest BCUT2D eigenvalue weighted by atomic mass is 10.3. The first-order valence-electron chi connectivity index (χ1n) is 6.49. The minimum absolute atomic E-state index is 0.0860. The van der Waals surface area contributed by atoms with Gasteiger partial charge in [0.2, 0.25) is 10.0 Å². The Kier molecular flexibility index (Phi) is 5.41. The molecule has 2 aromatic rings. The lowest BCUT2D eigenvalue weighted by Crippen LogP contribution is -2.22. The van der Waals surface area contributed by atoms with Crippen molar-refractivity contribution in [1.29, 1.82) is 0 Å². The zero-order chi connectivity index (χ0) is 17.2. The molecule has 0 spiro atoms. The number of benzene rings is 2. The number of halogens is 2. The smallest absolute Gasteiger partial charge is 0.242 e. The predicted molar refractivity (Wildman–Crippen MR) is 90.4 cm³/mol. The highest BCUT2D eigenvalue weighted by Crippen LogP contribution is 2.37. The number of rotatable bonds is 5. The van der Waals surface area contributed by atoms with Gasteiger partial charge in [0.1, 0.15) is 5.75 Å². The molecule has 0 atom stereocenters. The molecule has 0 aliphatic heterocycles. The largest absolute Gasteiger partial charge is 0.493 e. The molecule has 23 heavy (non-hydrogen) atoms. The maximum Gasteiger partial charge on any atom is 0.242 e. The zero-order valence-electron chi connectivity index (χ0n) is 12.7. The molecule has 124 valence electrons. The van der Waals surface area contributed by atoms with Crippen molar-refractivity contribution in [3.8, 4) is 17.2 Å². The summed E-state index contributed by atoms with van der Waals surface area (Å²) in [5.41, 5.74) is 0. The van der Waals surface area contributed by atoms with Crippen LogP contribution < -0.4 is 9.47 Å². The third kappa shape index (κ3) is 3.90. The third-order valence-corrected chi connectivity index (χ3v) is 5.37. The number of nitrogens with zero attached hydrogens (tertiary/aromatic N) is 1. The van der Waals surface area contributed by atoms with Gasteiger partial charge >= 0.3 is 0 Å². The summed E-state index contributed by atoms with van der Waals surface area (Å²) >= 11 is 12.0. The van der Waals surface area contributed by atoms with Crippen molar-refractivity contribution in [1.82, 2.24) is 4.31 Å². The van der Waals surface area contributed by atoms with Crippen LogP contribution in [0.25, 0.3) is 0 Å². The summed E-state index contributed by atoms with van der Waals surface area (Å²) in [5.74, 6) is 1.17. The summed E-state index contributed by atoms with van der Waals surface area (Å²) in [6.07, 6.45) is 0. The quantitative estimate of drug-likeness (QED) is 0.790. The first-order chi connectivity index (χ1) is 10.8. The summed E-state index contributed by atoms with van der Waals surface area (Å²) < 4.78 is 36.2. The fraction of sp³-hybridized carbons (Fsp3) is 0.200. The van der Waals surface area contributed by atoms with Crippen molar-refractivity contribution in [3.63, 3.8) is 0 Å². The molecule has 2 aromatic carbocycles. The van der Waals surface area contributed by atoms with Crippen LogP contribution in [0.1, 0.15) is 0 Å². The van der Waals surface area contributed by atoms with E-state index in [9.17, 15) is 8.42 Å². The van der Waals surface area contributed by atoms with Crippen molar-refractivity contribution in [2.75, 3.05) is 21.2 Å². The molecule has 0 unspecified atom stereocenters. The molecule has 0 saturated heterocycles. The van der Waals surface area contributed by atoms with Crippen LogP contribution in [0.2, 0.25) is 10.0 Å². The van der Waals surface area contributed by atoms with Crippen molar-refractivity contribution >= 4 is 33.2 Å². The average molecular weight is 376 g/mol. The highest BCUT2D eigenvalue weighted by Gasteiger charge is 2.19. The predicted octanol–water partition coefficient (Wildman–Crippen LogP) is 4.04. The van der Waals surface area contributed by atoms with E-state index in [0.29, 0.717) is 22.3 Å². The molecule has 2 rings (SSSR count). The Morgan fingerprint density at radius 3 is 2.17 bits per heavy atom. The van der Waals surface area contributed by atoms with Gasteiger partial charge < -0.3 is 9.47 Å². The van der Waals surface area contributed by atoms with Crippen LogP contribution >= 0.6 is 23.2 Å². The maximum absolute atomic E-state index is 12.1. The Bertz CT molecular complexity index is 822. The molecule has 0 amide bonds.